The molecule has 0 radical (unpaired) electrons. The van der Waals surface area contributed by atoms with E-state index in [1.54, 1.807) is 6.92 Å². The van der Waals surface area contributed by atoms with Gasteiger partial charge in [-0.05, 0) is 11.5 Å². The van der Waals surface area contributed by atoms with Crippen LogP contribution in [0.2, 0.25) is 0 Å². The zero-order chi connectivity index (χ0) is 15.2. The molecule has 0 aliphatic heterocycles. The van der Waals surface area contributed by atoms with Gasteiger partial charge in [0.1, 0.15) is 12.3 Å². The van der Waals surface area contributed by atoms with Crippen LogP contribution in [0, 0.1) is 5.92 Å². The lowest BCUT2D eigenvalue weighted by atomic mass is 10.2. The first-order valence-corrected chi connectivity index (χ1v) is 7.80. The summed E-state index contributed by atoms with van der Waals surface area (Å²) in [4.78, 5) is 29.2. The van der Waals surface area contributed by atoms with Gasteiger partial charge in [0.25, 0.3) is 0 Å². The number of hydrogen-bond donors (Lipinski definition) is 3. The molecule has 0 heterocycles. The van der Waals surface area contributed by atoms with E-state index in [1.165, 1.54) is 6.08 Å². The summed E-state index contributed by atoms with van der Waals surface area (Å²) in [6.45, 7) is 1.66. The van der Waals surface area contributed by atoms with E-state index in [1.807, 2.05) is 30.3 Å². The third-order valence-electron chi connectivity index (χ3n) is 2.44. The van der Waals surface area contributed by atoms with Crippen LogP contribution >= 0.6 is 7.60 Å². The minimum Gasteiger partial charge on any atom is -0.456 e. The minimum atomic E-state index is -4.12. The second-order valence-electron chi connectivity index (χ2n) is 4.51. The molecule has 1 aromatic rings. The summed E-state index contributed by atoms with van der Waals surface area (Å²) in [6, 6.07) is 9.12. The molecule has 0 amide bonds. The molecule has 1 unspecified atom stereocenters. The zero-order valence-corrected chi connectivity index (χ0v) is 12.0. The Hall–Kier alpha value is -1.62. The van der Waals surface area contributed by atoms with Crippen LogP contribution in [-0.4, -0.2) is 21.9 Å². The quantitative estimate of drug-likeness (QED) is 0.416. The van der Waals surface area contributed by atoms with Crippen LogP contribution in [0.4, 0.5) is 0 Å². The van der Waals surface area contributed by atoms with Gasteiger partial charge in [-0.25, -0.2) is 4.79 Å². The molecule has 0 aliphatic carbocycles. The molecule has 4 N–H and O–H groups in total. The molecule has 6 nitrogen and oxygen atoms in total. The Morgan fingerprint density at radius 2 is 2.00 bits per heavy atom. The molecular weight excluding hydrogens is 281 g/mol. The van der Waals surface area contributed by atoms with Gasteiger partial charge in [0.2, 0.25) is 0 Å². The van der Waals surface area contributed by atoms with Crippen molar-refractivity contribution in [2.45, 2.75) is 13.5 Å². The van der Waals surface area contributed by atoms with E-state index in [9.17, 15) is 9.36 Å². The van der Waals surface area contributed by atoms with Crippen molar-refractivity contribution < 1.29 is 23.9 Å². The van der Waals surface area contributed by atoms with Gasteiger partial charge >= 0.3 is 13.6 Å². The Bertz CT molecular complexity index is 523. The lowest BCUT2D eigenvalue weighted by molar-refractivity contribution is -0.140. The highest BCUT2D eigenvalue weighted by Crippen LogP contribution is 2.37. The van der Waals surface area contributed by atoms with Crippen LogP contribution in [0.25, 0.3) is 0 Å². The molecule has 110 valence electrons. The summed E-state index contributed by atoms with van der Waals surface area (Å²) in [5.74, 6) is -1.22. The Balaban J connectivity index is 2.52. The lowest BCUT2D eigenvalue weighted by Crippen LogP contribution is -2.16. The van der Waals surface area contributed by atoms with Gasteiger partial charge in [-0.15, -0.1) is 0 Å². The first kappa shape index (κ1) is 16.4. The average molecular weight is 299 g/mol. The van der Waals surface area contributed by atoms with E-state index in [4.69, 9.17) is 20.3 Å². The first-order valence-electron chi connectivity index (χ1n) is 6.01. The molecule has 0 spiro atoms. The average Bonchev–Trinajstić information content (AvgIpc) is 2.34. The fraction of sp³-hybridized carbons (Fsp3) is 0.308. The Morgan fingerprint density at radius 3 is 2.55 bits per heavy atom. The molecule has 0 aliphatic rings. The van der Waals surface area contributed by atoms with Crippen LogP contribution in [0.1, 0.15) is 12.5 Å². The molecule has 0 saturated carbocycles. The van der Waals surface area contributed by atoms with E-state index < -0.39 is 19.5 Å². The normalized spacial score (nSPS) is 13.8. The van der Waals surface area contributed by atoms with Crippen LogP contribution in [0.15, 0.2) is 42.1 Å². The van der Waals surface area contributed by atoms with E-state index >= 15 is 0 Å². The number of rotatable bonds is 6. The van der Waals surface area contributed by atoms with Gasteiger partial charge in [-0.1, -0.05) is 43.3 Å². The summed E-state index contributed by atoms with van der Waals surface area (Å²) in [5.41, 5.74) is 6.21. The summed E-state index contributed by atoms with van der Waals surface area (Å²) in [7, 11) is -4.12. The van der Waals surface area contributed by atoms with E-state index in [-0.39, 0.29) is 18.5 Å². The Kier molecular flexibility index (Phi) is 5.95. The van der Waals surface area contributed by atoms with Crippen LogP contribution in [0.5, 0.6) is 0 Å². The second kappa shape index (κ2) is 7.24. The SMILES string of the molecule is CC(/C=C(/N)C(=O)OCc1ccccc1)CP(=O)(O)O. The Morgan fingerprint density at radius 1 is 1.40 bits per heavy atom. The van der Waals surface area contributed by atoms with Crippen molar-refractivity contribution in [3.8, 4) is 0 Å². The van der Waals surface area contributed by atoms with Gasteiger partial charge in [0.05, 0.1) is 6.16 Å². The number of nitrogens with two attached hydrogens (primary N) is 1. The van der Waals surface area contributed by atoms with E-state index in [0.29, 0.717) is 0 Å². The molecule has 20 heavy (non-hydrogen) atoms. The second-order valence-corrected chi connectivity index (χ2v) is 6.20. The maximum atomic E-state index is 11.6. The van der Waals surface area contributed by atoms with Crippen LogP contribution in [0.3, 0.4) is 0 Å². The molecule has 1 aromatic carbocycles. The number of hydrogen-bond acceptors (Lipinski definition) is 4. The standard InChI is InChI=1S/C13H18NO5P/c1-10(9-20(16,17)18)7-12(14)13(15)19-8-11-5-3-2-4-6-11/h2-7,10H,8-9,14H2,1H3,(H2,16,17,18)/b12-7+. The number of carbonyl (C=O) groups is 1. The number of carbonyl (C=O) groups excluding carboxylic acids is 1. The number of benzene rings is 1. The van der Waals surface area contributed by atoms with E-state index in [2.05, 4.69) is 0 Å². The van der Waals surface area contributed by atoms with Gasteiger partial charge in [-0.2, -0.15) is 0 Å². The van der Waals surface area contributed by atoms with Crippen LogP contribution in [-0.2, 0) is 20.7 Å². The molecule has 1 atom stereocenters. The van der Waals surface area contributed by atoms with Gasteiger partial charge in [-0.3, -0.25) is 4.57 Å². The molecule has 0 aromatic heterocycles. The topological polar surface area (TPSA) is 110 Å². The van der Waals surface area contributed by atoms with Crippen molar-refractivity contribution in [3.05, 3.63) is 47.7 Å². The highest BCUT2D eigenvalue weighted by molar-refractivity contribution is 7.51. The molecule has 1 rings (SSSR count). The zero-order valence-electron chi connectivity index (χ0n) is 11.1. The highest BCUT2D eigenvalue weighted by atomic mass is 31.2. The monoisotopic (exact) mass is 299 g/mol. The van der Waals surface area contributed by atoms with Crippen molar-refractivity contribution >= 4 is 13.6 Å². The highest BCUT2D eigenvalue weighted by Gasteiger charge is 2.18. The smallest absolute Gasteiger partial charge is 0.354 e. The summed E-state index contributed by atoms with van der Waals surface area (Å²) in [5, 5.41) is 0. The maximum Gasteiger partial charge on any atom is 0.354 e. The largest absolute Gasteiger partial charge is 0.456 e. The van der Waals surface area contributed by atoms with Crippen molar-refractivity contribution in [1.29, 1.82) is 0 Å². The van der Waals surface area contributed by atoms with Gasteiger partial charge < -0.3 is 20.3 Å². The third-order valence-corrected chi connectivity index (χ3v) is 3.49. The van der Waals surface area contributed by atoms with Gasteiger partial charge in [0, 0.05) is 0 Å². The minimum absolute atomic E-state index is 0.0983. The van der Waals surface area contributed by atoms with Crippen LogP contribution < -0.4 is 5.73 Å². The summed E-state index contributed by atoms with van der Waals surface area (Å²) >= 11 is 0. The van der Waals surface area contributed by atoms with Crippen molar-refractivity contribution in [2.24, 2.45) is 11.7 Å². The lowest BCUT2D eigenvalue weighted by Gasteiger charge is -2.10. The third kappa shape index (κ3) is 6.52. The molecule has 0 saturated heterocycles. The van der Waals surface area contributed by atoms with Gasteiger partial charge in [0.15, 0.2) is 0 Å². The predicted octanol–water partition coefficient (Wildman–Crippen LogP) is 1.39. The summed E-state index contributed by atoms with van der Waals surface area (Å²) < 4.78 is 15.8. The number of ether oxygens (including phenoxy) is 1. The van der Waals surface area contributed by atoms with E-state index in [0.717, 1.165) is 5.56 Å². The van der Waals surface area contributed by atoms with Crippen molar-refractivity contribution in [1.82, 2.24) is 0 Å². The van der Waals surface area contributed by atoms with Crippen molar-refractivity contribution in [3.63, 3.8) is 0 Å². The fourth-order valence-corrected chi connectivity index (χ4v) is 2.46. The Labute approximate surface area is 117 Å². The predicted molar refractivity (Wildman–Crippen MR) is 74.6 cm³/mol. The fourth-order valence-electron chi connectivity index (χ4n) is 1.61. The summed E-state index contributed by atoms with van der Waals surface area (Å²) in [6.07, 6.45) is 0.937. The molecule has 0 fully saturated rings. The molecule has 7 heteroatoms. The first-order chi connectivity index (χ1) is 9.28. The molecule has 0 bridgehead atoms. The maximum absolute atomic E-state index is 11.6. The molecular formula is C13H18NO5P. The number of esters is 1. The number of allylic oxidation sites excluding steroid dienone is 1. The van der Waals surface area contributed by atoms with Crippen molar-refractivity contribution in [2.75, 3.05) is 6.16 Å².